The maximum absolute atomic E-state index is 11.6. The predicted molar refractivity (Wildman–Crippen MR) is 60.5 cm³/mol. The van der Waals surface area contributed by atoms with Crippen molar-refractivity contribution in [3.05, 3.63) is 23.9 Å². The van der Waals surface area contributed by atoms with Crippen LogP contribution in [0.4, 0.5) is 5.82 Å². The van der Waals surface area contributed by atoms with E-state index < -0.39 is 0 Å². The van der Waals surface area contributed by atoms with Crippen LogP contribution in [0.3, 0.4) is 0 Å². The van der Waals surface area contributed by atoms with E-state index in [0.29, 0.717) is 12.1 Å². The molecule has 4 heteroatoms. The monoisotopic (exact) mass is 207 g/mol. The van der Waals surface area contributed by atoms with E-state index in [9.17, 15) is 4.79 Å². The first-order valence-corrected chi connectivity index (χ1v) is 5.24. The molecule has 0 aliphatic heterocycles. The van der Waals surface area contributed by atoms with Crippen molar-refractivity contribution in [3.8, 4) is 0 Å². The average molecular weight is 207 g/mol. The molecule has 0 unspecified atom stereocenters. The number of nitrogens with zero attached hydrogens (tertiary/aromatic N) is 1. The quantitative estimate of drug-likeness (QED) is 0.720. The molecule has 0 saturated heterocycles. The predicted octanol–water partition coefficient (Wildman–Crippen LogP) is 1.58. The third-order valence-electron chi connectivity index (χ3n) is 2.15. The normalized spacial score (nSPS) is 9.93. The van der Waals surface area contributed by atoms with Gasteiger partial charge >= 0.3 is 0 Å². The molecule has 0 saturated carbocycles. The minimum absolute atomic E-state index is 0.142. The van der Waals surface area contributed by atoms with Gasteiger partial charge in [0.25, 0.3) is 5.91 Å². The summed E-state index contributed by atoms with van der Waals surface area (Å²) in [6, 6.07) is 3.38. The number of carbonyl (C=O) groups excluding carboxylic acids is 1. The second-order valence-electron chi connectivity index (χ2n) is 3.40. The number of anilines is 1. The molecule has 0 aliphatic carbocycles. The Hall–Kier alpha value is -1.58. The topological polar surface area (TPSA) is 68.0 Å². The van der Waals surface area contributed by atoms with E-state index >= 15 is 0 Å². The smallest absolute Gasteiger partial charge is 0.255 e. The first kappa shape index (κ1) is 11.5. The fourth-order valence-electron chi connectivity index (χ4n) is 1.28. The standard InChI is InChI=1S/C11H17N3O/c1-2-3-4-7-14-11(15)9-6-5-8-13-10(9)12/h5-6,8H,2-4,7H2,1H3,(H2,12,13)(H,14,15). The van der Waals surface area contributed by atoms with Gasteiger partial charge in [-0.3, -0.25) is 4.79 Å². The van der Waals surface area contributed by atoms with Gasteiger partial charge in [0.05, 0.1) is 5.56 Å². The minimum atomic E-state index is -0.142. The molecule has 0 aliphatic rings. The van der Waals surface area contributed by atoms with Crippen molar-refractivity contribution in [3.63, 3.8) is 0 Å². The Labute approximate surface area is 89.9 Å². The highest BCUT2D eigenvalue weighted by Crippen LogP contribution is 2.06. The van der Waals surface area contributed by atoms with Gasteiger partial charge in [-0.25, -0.2) is 4.98 Å². The number of nitrogens with two attached hydrogens (primary N) is 1. The Morgan fingerprint density at radius 3 is 3.00 bits per heavy atom. The SMILES string of the molecule is CCCCCNC(=O)c1cccnc1N. The summed E-state index contributed by atoms with van der Waals surface area (Å²) in [6.45, 7) is 2.82. The molecule has 0 spiro atoms. The summed E-state index contributed by atoms with van der Waals surface area (Å²) in [7, 11) is 0. The number of rotatable bonds is 5. The van der Waals surface area contributed by atoms with Gasteiger partial charge in [0.1, 0.15) is 5.82 Å². The van der Waals surface area contributed by atoms with Gasteiger partial charge in [0.15, 0.2) is 0 Å². The van der Waals surface area contributed by atoms with E-state index in [1.165, 1.54) is 0 Å². The molecule has 1 amide bonds. The number of aromatic nitrogens is 1. The molecule has 0 bridgehead atoms. The maximum Gasteiger partial charge on any atom is 0.255 e. The molecule has 3 N–H and O–H groups in total. The molecular formula is C11H17N3O. The Morgan fingerprint density at radius 2 is 2.33 bits per heavy atom. The minimum Gasteiger partial charge on any atom is -0.383 e. The van der Waals surface area contributed by atoms with Crippen LogP contribution < -0.4 is 11.1 Å². The highest BCUT2D eigenvalue weighted by Gasteiger charge is 2.08. The van der Waals surface area contributed by atoms with Crippen LogP contribution >= 0.6 is 0 Å². The molecule has 0 atom stereocenters. The van der Waals surface area contributed by atoms with Crippen molar-refractivity contribution in [1.82, 2.24) is 10.3 Å². The van der Waals surface area contributed by atoms with Crippen molar-refractivity contribution in [2.24, 2.45) is 0 Å². The van der Waals surface area contributed by atoms with Crippen molar-refractivity contribution in [2.45, 2.75) is 26.2 Å². The maximum atomic E-state index is 11.6. The zero-order chi connectivity index (χ0) is 11.1. The van der Waals surface area contributed by atoms with Gasteiger partial charge in [0.2, 0.25) is 0 Å². The van der Waals surface area contributed by atoms with Crippen LogP contribution in [0.15, 0.2) is 18.3 Å². The van der Waals surface area contributed by atoms with Gasteiger partial charge in [-0.1, -0.05) is 19.8 Å². The molecule has 1 rings (SSSR count). The second kappa shape index (κ2) is 6.01. The summed E-state index contributed by atoms with van der Waals surface area (Å²) in [5, 5.41) is 2.82. The summed E-state index contributed by atoms with van der Waals surface area (Å²) >= 11 is 0. The fraction of sp³-hybridized carbons (Fsp3) is 0.455. The first-order valence-electron chi connectivity index (χ1n) is 5.24. The van der Waals surface area contributed by atoms with Crippen LogP contribution in [-0.2, 0) is 0 Å². The Bertz CT molecular complexity index is 325. The van der Waals surface area contributed by atoms with Crippen LogP contribution in [0, 0.1) is 0 Å². The molecule has 0 radical (unpaired) electrons. The van der Waals surface area contributed by atoms with Gasteiger partial charge < -0.3 is 11.1 Å². The number of carbonyl (C=O) groups is 1. The zero-order valence-corrected chi connectivity index (χ0v) is 8.99. The van der Waals surface area contributed by atoms with Gasteiger partial charge in [-0.2, -0.15) is 0 Å². The lowest BCUT2D eigenvalue weighted by molar-refractivity contribution is 0.0953. The lowest BCUT2D eigenvalue weighted by atomic mass is 10.2. The molecule has 82 valence electrons. The molecule has 1 aromatic heterocycles. The molecular weight excluding hydrogens is 190 g/mol. The number of hydrogen-bond acceptors (Lipinski definition) is 3. The Balaban J connectivity index is 2.44. The lowest BCUT2D eigenvalue weighted by Gasteiger charge is -2.05. The summed E-state index contributed by atoms with van der Waals surface area (Å²) in [4.78, 5) is 15.5. The van der Waals surface area contributed by atoms with Gasteiger partial charge in [0, 0.05) is 12.7 Å². The molecule has 4 nitrogen and oxygen atoms in total. The van der Waals surface area contributed by atoms with Crippen LogP contribution in [0.25, 0.3) is 0 Å². The highest BCUT2D eigenvalue weighted by molar-refractivity contribution is 5.98. The third kappa shape index (κ3) is 3.58. The van der Waals surface area contributed by atoms with E-state index in [2.05, 4.69) is 17.2 Å². The number of pyridine rings is 1. The van der Waals surface area contributed by atoms with Gasteiger partial charge in [-0.05, 0) is 18.6 Å². The number of unbranched alkanes of at least 4 members (excludes halogenated alkanes) is 2. The van der Waals surface area contributed by atoms with Crippen molar-refractivity contribution < 1.29 is 4.79 Å². The molecule has 1 heterocycles. The molecule has 0 aromatic carbocycles. The van der Waals surface area contributed by atoms with Crippen molar-refractivity contribution >= 4 is 11.7 Å². The number of hydrogen-bond donors (Lipinski definition) is 2. The van der Waals surface area contributed by atoms with E-state index in [4.69, 9.17) is 5.73 Å². The molecule has 0 fully saturated rings. The van der Waals surface area contributed by atoms with Crippen LogP contribution in [0.5, 0.6) is 0 Å². The Morgan fingerprint density at radius 1 is 1.53 bits per heavy atom. The van der Waals surface area contributed by atoms with E-state index in [-0.39, 0.29) is 11.7 Å². The summed E-state index contributed by atoms with van der Waals surface area (Å²) < 4.78 is 0. The largest absolute Gasteiger partial charge is 0.383 e. The highest BCUT2D eigenvalue weighted by atomic mass is 16.1. The first-order chi connectivity index (χ1) is 7.25. The van der Waals surface area contributed by atoms with E-state index in [0.717, 1.165) is 19.3 Å². The molecule has 1 aromatic rings. The lowest BCUT2D eigenvalue weighted by Crippen LogP contribution is -2.25. The van der Waals surface area contributed by atoms with Crippen LogP contribution in [0.1, 0.15) is 36.5 Å². The van der Waals surface area contributed by atoms with E-state index in [1.807, 2.05) is 0 Å². The summed E-state index contributed by atoms with van der Waals surface area (Å²) in [5.41, 5.74) is 6.03. The third-order valence-corrected chi connectivity index (χ3v) is 2.15. The second-order valence-corrected chi connectivity index (χ2v) is 3.40. The van der Waals surface area contributed by atoms with Crippen LogP contribution in [0.2, 0.25) is 0 Å². The number of amides is 1. The number of nitrogens with one attached hydrogen (secondary N) is 1. The molecule has 15 heavy (non-hydrogen) atoms. The van der Waals surface area contributed by atoms with Crippen molar-refractivity contribution in [1.29, 1.82) is 0 Å². The van der Waals surface area contributed by atoms with Crippen molar-refractivity contribution in [2.75, 3.05) is 12.3 Å². The summed E-state index contributed by atoms with van der Waals surface area (Å²) in [5.74, 6) is 0.141. The fourth-order valence-corrected chi connectivity index (χ4v) is 1.28. The van der Waals surface area contributed by atoms with E-state index in [1.54, 1.807) is 18.3 Å². The Kier molecular flexibility index (Phi) is 4.60. The summed E-state index contributed by atoms with van der Waals surface area (Å²) in [6.07, 6.45) is 4.85. The van der Waals surface area contributed by atoms with Crippen LogP contribution in [-0.4, -0.2) is 17.4 Å². The number of nitrogen functional groups attached to an aromatic ring is 1. The van der Waals surface area contributed by atoms with Gasteiger partial charge in [-0.15, -0.1) is 0 Å². The zero-order valence-electron chi connectivity index (χ0n) is 8.99. The average Bonchev–Trinajstić information content (AvgIpc) is 2.25.